The lowest BCUT2D eigenvalue weighted by atomic mass is 10.3. The summed E-state index contributed by atoms with van der Waals surface area (Å²) in [7, 11) is 0. The molecular formula is C13H10F3NO4. The normalized spacial score (nSPS) is 11.2. The second-order valence-corrected chi connectivity index (χ2v) is 4.04. The van der Waals surface area contributed by atoms with E-state index in [-0.39, 0.29) is 17.9 Å². The molecule has 2 rings (SSSR count). The predicted octanol–water partition coefficient (Wildman–Crippen LogP) is 3.49. The number of ether oxygens (including phenoxy) is 1. The largest absolute Gasteiger partial charge is 0.573 e. The van der Waals surface area contributed by atoms with Crippen molar-refractivity contribution in [2.24, 2.45) is 0 Å². The lowest BCUT2D eigenvalue weighted by molar-refractivity contribution is -0.274. The number of aromatic carboxylic acids is 1. The molecule has 0 bridgehead atoms. The zero-order valence-electron chi connectivity index (χ0n) is 10.5. The minimum atomic E-state index is -4.75. The molecule has 0 aliphatic carbocycles. The topological polar surface area (TPSA) is 71.7 Å². The van der Waals surface area contributed by atoms with Gasteiger partial charge in [0.25, 0.3) is 0 Å². The number of benzene rings is 1. The van der Waals surface area contributed by atoms with E-state index in [4.69, 9.17) is 9.52 Å². The molecule has 1 heterocycles. The number of alkyl halides is 3. The van der Waals surface area contributed by atoms with Gasteiger partial charge in [0, 0.05) is 11.8 Å². The summed E-state index contributed by atoms with van der Waals surface area (Å²) in [5.41, 5.74) is 0.381. The first-order valence-corrected chi connectivity index (χ1v) is 5.74. The van der Waals surface area contributed by atoms with Gasteiger partial charge < -0.3 is 19.6 Å². The Morgan fingerprint density at radius 2 is 2.10 bits per heavy atom. The van der Waals surface area contributed by atoms with Crippen LogP contribution in [0.1, 0.15) is 16.1 Å². The fraction of sp³-hybridized carbons (Fsp3) is 0.154. The van der Waals surface area contributed by atoms with E-state index < -0.39 is 12.3 Å². The number of halogens is 3. The van der Waals surface area contributed by atoms with Gasteiger partial charge in [-0.25, -0.2) is 4.79 Å². The van der Waals surface area contributed by atoms with Crippen LogP contribution in [0, 0.1) is 0 Å². The summed E-state index contributed by atoms with van der Waals surface area (Å²) in [6, 6.07) is 6.62. The maximum Gasteiger partial charge on any atom is 0.573 e. The Morgan fingerprint density at radius 3 is 2.71 bits per heavy atom. The van der Waals surface area contributed by atoms with Crippen molar-refractivity contribution in [3.8, 4) is 5.75 Å². The average Bonchev–Trinajstić information content (AvgIpc) is 2.83. The van der Waals surface area contributed by atoms with Gasteiger partial charge in [-0.3, -0.25) is 0 Å². The van der Waals surface area contributed by atoms with Crippen LogP contribution in [0.25, 0.3) is 0 Å². The van der Waals surface area contributed by atoms with Crippen LogP contribution in [-0.2, 0) is 6.54 Å². The molecule has 0 amide bonds. The Bertz CT molecular complexity index is 636. The van der Waals surface area contributed by atoms with Crippen LogP contribution in [0.5, 0.6) is 5.75 Å². The predicted molar refractivity (Wildman–Crippen MR) is 66.1 cm³/mol. The highest BCUT2D eigenvalue weighted by Gasteiger charge is 2.31. The van der Waals surface area contributed by atoms with E-state index in [0.29, 0.717) is 11.4 Å². The number of carboxylic acid groups (broad SMARTS) is 1. The van der Waals surface area contributed by atoms with Gasteiger partial charge in [-0.2, -0.15) is 0 Å². The summed E-state index contributed by atoms with van der Waals surface area (Å²) >= 11 is 0. The van der Waals surface area contributed by atoms with Crippen LogP contribution >= 0.6 is 0 Å². The molecule has 21 heavy (non-hydrogen) atoms. The van der Waals surface area contributed by atoms with E-state index in [1.165, 1.54) is 24.3 Å². The molecule has 0 unspecified atom stereocenters. The Labute approximate surface area is 116 Å². The fourth-order valence-electron chi connectivity index (χ4n) is 1.58. The number of furan rings is 1. The average molecular weight is 301 g/mol. The van der Waals surface area contributed by atoms with Crippen LogP contribution in [0.3, 0.4) is 0 Å². The van der Waals surface area contributed by atoms with E-state index in [2.05, 4.69) is 10.1 Å². The summed E-state index contributed by atoms with van der Waals surface area (Å²) in [5.74, 6) is -1.13. The number of anilines is 1. The molecule has 0 saturated carbocycles. The van der Waals surface area contributed by atoms with Crippen molar-refractivity contribution in [2.75, 3.05) is 5.32 Å². The van der Waals surface area contributed by atoms with Gasteiger partial charge in [0.15, 0.2) is 0 Å². The van der Waals surface area contributed by atoms with Crippen LogP contribution < -0.4 is 10.1 Å². The molecule has 1 aromatic heterocycles. The summed E-state index contributed by atoms with van der Waals surface area (Å²) in [6.45, 7) is 0.128. The lowest BCUT2D eigenvalue weighted by Gasteiger charge is -2.10. The molecule has 0 aliphatic heterocycles. The monoisotopic (exact) mass is 301 g/mol. The molecule has 5 nitrogen and oxygen atoms in total. The number of hydrogen-bond acceptors (Lipinski definition) is 4. The molecule has 0 aliphatic rings. The maximum atomic E-state index is 12.1. The SMILES string of the molecule is O=C(O)c1coc(CNc2cccc(OC(F)(F)F)c2)c1. The number of rotatable bonds is 5. The third-order valence-corrected chi connectivity index (χ3v) is 2.44. The molecule has 0 radical (unpaired) electrons. The number of nitrogens with one attached hydrogen (secondary N) is 1. The lowest BCUT2D eigenvalue weighted by Crippen LogP contribution is -2.17. The second kappa shape index (κ2) is 5.78. The smallest absolute Gasteiger partial charge is 0.478 e. The Balaban J connectivity index is 1.99. The maximum absolute atomic E-state index is 12.1. The highest BCUT2D eigenvalue weighted by molar-refractivity contribution is 5.87. The quantitative estimate of drug-likeness (QED) is 0.884. The van der Waals surface area contributed by atoms with E-state index in [0.717, 1.165) is 6.26 Å². The van der Waals surface area contributed by atoms with Gasteiger partial charge in [0.1, 0.15) is 17.8 Å². The molecule has 0 saturated heterocycles. The summed E-state index contributed by atoms with van der Waals surface area (Å²) < 4.78 is 45.1. The molecule has 1 aromatic carbocycles. The van der Waals surface area contributed by atoms with Crippen molar-refractivity contribution in [3.63, 3.8) is 0 Å². The first kappa shape index (κ1) is 14.8. The first-order valence-electron chi connectivity index (χ1n) is 5.74. The molecule has 0 fully saturated rings. The molecule has 0 atom stereocenters. The van der Waals surface area contributed by atoms with Crippen molar-refractivity contribution in [3.05, 3.63) is 47.9 Å². The number of hydrogen-bond donors (Lipinski definition) is 2. The summed E-state index contributed by atoms with van der Waals surface area (Å²) in [6.07, 6.45) is -3.67. The summed E-state index contributed by atoms with van der Waals surface area (Å²) in [5, 5.41) is 11.5. The van der Waals surface area contributed by atoms with E-state index in [1.807, 2.05) is 0 Å². The van der Waals surface area contributed by atoms with Gasteiger partial charge in [-0.15, -0.1) is 13.2 Å². The van der Waals surface area contributed by atoms with Gasteiger partial charge in [-0.05, 0) is 18.2 Å². The van der Waals surface area contributed by atoms with Crippen molar-refractivity contribution in [2.45, 2.75) is 12.9 Å². The highest BCUT2D eigenvalue weighted by atomic mass is 19.4. The molecule has 0 spiro atoms. The minimum Gasteiger partial charge on any atom is -0.478 e. The van der Waals surface area contributed by atoms with Gasteiger partial charge in [0.2, 0.25) is 0 Å². The second-order valence-electron chi connectivity index (χ2n) is 4.04. The highest BCUT2D eigenvalue weighted by Crippen LogP contribution is 2.25. The zero-order valence-corrected chi connectivity index (χ0v) is 10.5. The van der Waals surface area contributed by atoms with E-state index in [1.54, 1.807) is 6.07 Å². The minimum absolute atomic E-state index is 0.000885. The molecule has 8 heteroatoms. The molecule has 112 valence electrons. The molecule has 2 aromatic rings. The third-order valence-electron chi connectivity index (χ3n) is 2.44. The molecular weight excluding hydrogens is 291 g/mol. The molecule has 2 N–H and O–H groups in total. The van der Waals surface area contributed by atoms with Gasteiger partial charge in [0.05, 0.1) is 12.1 Å². The number of carbonyl (C=O) groups is 1. The van der Waals surface area contributed by atoms with Crippen LogP contribution in [-0.4, -0.2) is 17.4 Å². The Kier molecular flexibility index (Phi) is 4.06. The van der Waals surface area contributed by atoms with Crippen molar-refractivity contribution >= 4 is 11.7 Å². The fourth-order valence-corrected chi connectivity index (χ4v) is 1.58. The van der Waals surface area contributed by atoms with E-state index >= 15 is 0 Å². The Morgan fingerprint density at radius 1 is 1.33 bits per heavy atom. The standard InChI is InChI=1S/C13H10F3NO4/c14-13(15,16)21-10-3-1-2-9(5-10)17-6-11-4-8(7-20-11)12(18)19/h1-5,7,17H,6H2,(H,18,19). The Hall–Kier alpha value is -2.64. The van der Waals surface area contributed by atoms with Crippen LogP contribution in [0.4, 0.5) is 18.9 Å². The van der Waals surface area contributed by atoms with Gasteiger partial charge in [-0.1, -0.05) is 6.07 Å². The zero-order chi connectivity index (χ0) is 15.5. The third kappa shape index (κ3) is 4.44. The van der Waals surface area contributed by atoms with Crippen molar-refractivity contribution in [1.82, 2.24) is 0 Å². The van der Waals surface area contributed by atoms with Crippen molar-refractivity contribution in [1.29, 1.82) is 0 Å². The van der Waals surface area contributed by atoms with Crippen molar-refractivity contribution < 1.29 is 32.2 Å². The van der Waals surface area contributed by atoms with Gasteiger partial charge >= 0.3 is 12.3 Å². The van der Waals surface area contributed by atoms with E-state index in [9.17, 15) is 18.0 Å². The van der Waals surface area contributed by atoms with Crippen LogP contribution in [0.15, 0.2) is 41.0 Å². The summed E-state index contributed by atoms with van der Waals surface area (Å²) in [4.78, 5) is 10.7. The first-order chi connectivity index (χ1) is 9.83. The van der Waals surface area contributed by atoms with Crippen LogP contribution in [0.2, 0.25) is 0 Å². The number of carboxylic acids is 1.